The van der Waals surface area contributed by atoms with Crippen molar-refractivity contribution in [2.24, 2.45) is 0 Å². The zero-order valence-corrected chi connectivity index (χ0v) is 9.75. The molecule has 1 aromatic heterocycles. The molecule has 1 N–H and O–H groups in total. The van der Waals surface area contributed by atoms with Crippen molar-refractivity contribution < 1.29 is 8.78 Å². The number of nitrogens with one attached hydrogen (secondary N) is 1. The molecule has 0 radical (unpaired) electrons. The van der Waals surface area contributed by atoms with Crippen LogP contribution in [0, 0.1) is 6.92 Å². The molecule has 1 aliphatic heterocycles. The van der Waals surface area contributed by atoms with E-state index in [1.165, 1.54) is 0 Å². The summed E-state index contributed by atoms with van der Waals surface area (Å²) in [6, 6.07) is 1.81. The second-order valence-electron chi connectivity index (χ2n) is 4.56. The summed E-state index contributed by atoms with van der Waals surface area (Å²) in [4.78, 5) is 15.6. The van der Waals surface area contributed by atoms with Crippen molar-refractivity contribution in [1.29, 1.82) is 0 Å². The van der Waals surface area contributed by atoms with Gasteiger partial charge in [0.2, 0.25) is 0 Å². The molecular weight excluding hydrogens is 226 g/mol. The highest BCUT2D eigenvalue weighted by Crippen LogP contribution is 2.16. The van der Waals surface area contributed by atoms with Crippen LogP contribution in [0.2, 0.25) is 0 Å². The maximum Gasteiger partial charge on any atom is 0.250 e. The number of halogens is 2. The molecule has 0 aliphatic carbocycles. The highest BCUT2D eigenvalue weighted by atomic mass is 19.2. The monoisotopic (exact) mass is 242 g/mol. The molecule has 0 spiro atoms. The number of alkyl halides is 2. The van der Waals surface area contributed by atoms with Gasteiger partial charge in [-0.3, -0.25) is 9.69 Å². The van der Waals surface area contributed by atoms with Gasteiger partial charge in [-0.2, -0.15) is 0 Å². The van der Waals surface area contributed by atoms with Gasteiger partial charge in [-0.05, 0) is 25.0 Å². The fourth-order valence-electron chi connectivity index (χ4n) is 2.07. The third-order valence-corrected chi connectivity index (χ3v) is 3.12. The number of pyridine rings is 1. The SMILES string of the molecule is Cc1cc(CCN2C[C@@H](F)[C@@H](F)C2)c[nH]c1=O. The van der Waals surface area contributed by atoms with E-state index in [2.05, 4.69) is 4.98 Å². The number of H-pyrrole nitrogens is 1. The Morgan fingerprint density at radius 1 is 1.41 bits per heavy atom. The molecular formula is C12H16F2N2O. The molecule has 3 nitrogen and oxygen atoms in total. The Morgan fingerprint density at radius 3 is 2.65 bits per heavy atom. The van der Waals surface area contributed by atoms with Crippen LogP contribution in [0.15, 0.2) is 17.1 Å². The van der Waals surface area contributed by atoms with Crippen LogP contribution in [0.5, 0.6) is 0 Å². The Kier molecular flexibility index (Phi) is 3.57. The molecule has 0 bridgehead atoms. The Hall–Kier alpha value is -1.23. The van der Waals surface area contributed by atoms with Crippen LogP contribution in [0.4, 0.5) is 8.78 Å². The number of likely N-dealkylation sites (tertiary alicyclic amines) is 1. The van der Waals surface area contributed by atoms with Crippen LogP contribution in [0.25, 0.3) is 0 Å². The van der Waals surface area contributed by atoms with Gasteiger partial charge in [-0.15, -0.1) is 0 Å². The average Bonchev–Trinajstić information content (AvgIpc) is 2.60. The van der Waals surface area contributed by atoms with Crippen LogP contribution in [-0.4, -0.2) is 41.9 Å². The lowest BCUT2D eigenvalue weighted by Gasteiger charge is -2.13. The van der Waals surface area contributed by atoms with Crippen LogP contribution in [0.3, 0.4) is 0 Å². The first-order valence-corrected chi connectivity index (χ1v) is 5.75. The minimum absolute atomic E-state index is 0.0948. The summed E-state index contributed by atoms with van der Waals surface area (Å²) in [6.07, 6.45) is -0.359. The van der Waals surface area contributed by atoms with E-state index in [9.17, 15) is 13.6 Å². The average molecular weight is 242 g/mol. The van der Waals surface area contributed by atoms with E-state index in [4.69, 9.17) is 0 Å². The molecule has 5 heteroatoms. The highest BCUT2D eigenvalue weighted by Gasteiger charge is 2.32. The zero-order valence-electron chi connectivity index (χ0n) is 9.75. The second-order valence-corrected chi connectivity index (χ2v) is 4.56. The third-order valence-electron chi connectivity index (χ3n) is 3.12. The van der Waals surface area contributed by atoms with Crippen molar-refractivity contribution in [3.8, 4) is 0 Å². The van der Waals surface area contributed by atoms with Gasteiger partial charge in [0, 0.05) is 31.4 Å². The van der Waals surface area contributed by atoms with Crippen LogP contribution < -0.4 is 5.56 Å². The van der Waals surface area contributed by atoms with Gasteiger partial charge in [-0.1, -0.05) is 0 Å². The van der Waals surface area contributed by atoms with E-state index in [1.54, 1.807) is 18.0 Å². The summed E-state index contributed by atoms with van der Waals surface area (Å²) in [5, 5.41) is 0. The van der Waals surface area contributed by atoms with E-state index in [0.717, 1.165) is 5.56 Å². The van der Waals surface area contributed by atoms with Crippen molar-refractivity contribution in [3.05, 3.63) is 33.7 Å². The Balaban J connectivity index is 1.90. The van der Waals surface area contributed by atoms with E-state index in [1.807, 2.05) is 6.07 Å². The Bertz CT molecular complexity index is 436. The number of rotatable bonds is 3. The van der Waals surface area contributed by atoms with E-state index in [-0.39, 0.29) is 18.6 Å². The Labute approximate surface area is 98.5 Å². The predicted molar refractivity (Wildman–Crippen MR) is 61.7 cm³/mol. The van der Waals surface area contributed by atoms with Crippen molar-refractivity contribution in [2.75, 3.05) is 19.6 Å². The molecule has 0 amide bonds. The third kappa shape index (κ3) is 2.91. The molecule has 1 saturated heterocycles. The van der Waals surface area contributed by atoms with Gasteiger partial charge in [-0.25, -0.2) is 8.78 Å². The first kappa shape index (κ1) is 12.2. The number of hydrogen-bond donors (Lipinski definition) is 1. The van der Waals surface area contributed by atoms with Gasteiger partial charge in [0.05, 0.1) is 0 Å². The van der Waals surface area contributed by atoms with Crippen LogP contribution >= 0.6 is 0 Å². The lowest BCUT2D eigenvalue weighted by Crippen LogP contribution is -2.24. The molecule has 2 atom stereocenters. The summed E-state index contributed by atoms with van der Waals surface area (Å²) in [5.74, 6) is 0. The molecule has 1 aromatic rings. The molecule has 0 unspecified atom stereocenters. The van der Waals surface area contributed by atoms with Crippen molar-refractivity contribution in [3.63, 3.8) is 0 Å². The van der Waals surface area contributed by atoms with Crippen molar-refractivity contribution >= 4 is 0 Å². The molecule has 1 fully saturated rings. The summed E-state index contributed by atoms with van der Waals surface area (Å²) in [5.41, 5.74) is 1.55. The van der Waals surface area contributed by atoms with Gasteiger partial charge < -0.3 is 4.98 Å². The van der Waals surface area contributed by atoms with Gasteiger partial charge >= 0.3 is 0 Å². The number of aromatic amines is 1. The summed E-state index contributed by atoms with van der Waals surface area (Å²) >= 11 is 0. The molecule has 94 valence electrons. The van der Waals surface area contributed by atoms with Gasteiger partial charge in [0.1, 0.15) is 12.3 Å². The quantitative estimate of drug-likeness (QED) is 0.865. The van der Waals surface area contributed by atoms with Gasteiger partial charge in [0.25, 0.3) is 5.56 Å². The minimum atomic E-state index is -1.35. The smallest absolute Gasteiger partial charge is 0.250 e. The highest BCUT2D eigenvalue weighted by molar-refractivity contribution is 5.17. The second kappa shape index (κ2) is 4.96. The fraction of sp³-hybridized carbons (Fsp3) is 0.583. The van der Waals surface area contributed by atoms with Crippen molar-refractivity contribution in [2.45, 2.75) is 25.7 Å². The molecule has 1 aliphatic rings. The molecule has 2 heterocycles. The van der Waals surface area contributed by atoms with Crippen molar-refractivity contribution in [1.82, 2.24) is 9.88 Å². The summed E-state index contributed by atoms with van der Waals surface area (Å²) < 4.78 is 25.9. The lowest BCUT2D eigenvalue weighted by atomic mass is 10.1. The maximum atomic E-state index is 12.9. The maximum absolute atomic E-state index is 12.9. The van der Waals surface area contributed by atoms with E-state index >= 15 is 0 Å². The molecule has 2 rings (SSSR count). The van der Waals surface area contributed by atoms with Crippen LogP contribution in [-0.2, 0) is 6.42 Å². The summed E-state index contributed by atoms with van der Waals surface area (Å²) in [7, 11) is 0. The number of nitrogens with zero attached hydrogens (tertiary/aromatic N) is 1. The number of hydrogen-bond acceptors (Lipinski definition) is 2. The van der Waals surface area contributed by atoms with Gasteiger partial charge in [0.15, 0.2) is 0 Å². The predicted octanol–water partition coefficient (Wildman–Crippen LogP) is 1.22. The topological polar surface area (TPSA) is 36.1 Å². The molecule has 0 saturated carbocycles. The first-order chi connectivity index (χ1) is 8.06. The largest absolute Gasteiger partial charge is 0.329 e. The lowest BCUT2D eigenvalue weighted by molar-refractivity contribution is 0.217. The summed E-state index contributed by atoms with van der Waals surface area (Å²) in [6.45, 7) is 2.70. The van der Waals surface area contributed by atoms with Crippen LogP contribution in [0.1, 0.15) is 11.1 Å². The van der Waals surface area contributed by atoms with E-state index < -0.39 is 12.3 Å². The minimum Gasteiger partial charge on any atom is -0.329 e. The first-order valence-electron chi connectivity index (χ1n) is 5.75. The number of aromatic nitrogens is 1. The molecule has 0 aromatic carbocycles. The fourth-order valence-corrected chi connectivity index (χ4v) is 2.07. The zero-order chi connectivity index (χ0) is 12.4. The molecule has 17 heavy (non-hydrogen) atoms. The standard InChI is InChI=1S/C12H16F2N2O/c1-8-4-9(5-15-12(8)17)2-3-16-6-10(13)11(14)7-16/h4-5,10-11H,2-3,6-7H2,1H3,(H,15,17)/t10-,11+. The normalized spacial score (nSPS) is 25.4. The Morgan fingerprint density at radius 2 is 2.06 bits per heavy atom. The van der Waals surface area contributed by atoms with E-state index in [0.29, 0.717) is 18.5 Å². The number of aryl methyl sites for hydroxylation is 1.